The highest BCUT2D eigenvalue weighted by Gasteiger charge is 2.36. The van der Waals surface area contributed by atoms with Crippen LogP contribution in [0.4, 0.5) is 11.4 Å². The maximum atomic E-state index is 12.0. The summed E-state index contributed by atoms with van der Waals surface area (Å²) in [6.45, 7) is 0.262. The molecule has 1 aromatic carbocycles. The lowest BCUT2D eigenvalue weighted by Crippen LogP contribution is -2.28. The summed E-state index contributed by atoms with van der Waals surface area (Å²) in [5.41, 5.74) is 1.15. The van der Waals surface area contributed by atoms with E-state index >= 15 is 0 Å². The second kappa shape index (κ2) is 5.08. The van der Waals surface area contributed by atoms with Gasteiger partial charge in [0.05, 0.1) is 18.7 Å². The van der Waals surface area contributed by atoms with Gasteiger partial charge in [0.15, 0.2) is 6.61 Å². The third-order valence-corrected chi connectivity index (χ3v) is 3.57. The van der Waals surface area contributed by atoms with E-state index in [0.717, 1.165) is 0 Å². The number of anilines is 2. The van der Waals surface area contributed by atoms with Gasteiger partial charge in [0, 0.05) is 18.7 Å². The Morgan fingerprint density at radius 2 is 2.24 bits per heavy atom. The molecule has 21 heavy (non-hydrogen) atoms. The van der Waals surface area contributed by atoms with Crippen molar-refractivity contribution in [3.8, 4) is 5.75 Å². The smallest absolute Gasteiger partial charge is 0.311 e. The van der Waals surface area contributed by atoms with Gasteiger partial charge >= 0.3 is 5.97 Å². The van der Waals surface area contributed by atoms with E-state index < -0.39 is 5.92 Å². The Kier molecular flexibility index (Phi) is 3.25. The summed E-state index contributed by atoms with van der Waals surface area (Å²) in [5, 5.41) is 2.69. The van der Waals surface area contributed by atoms with E-state index in [4.69, 9.17) is 4.74 Å². The number of ether oxygens (including phenoxy) is 2. The van der Waals surface area contributed by atoms with Crippen LogP contribution in [0.2, 0.25) is 0 Å². The molecule has 1 aromatic rings. The highest BCUT2D eigenvalue weighted by molar-refractivity contribution is 6.01. The van der Waals surface area contributed by atoms with Crippen molar-refractivity contribution in [3.63, 3.8) is 0 Å². The maximum absolute atomic E-state index is 12.0. The van der Waals surface area contributed by atoms with Crippen molar-refractivity contribution in [1.29, 1.82) is 0 Å². The van der Waals surface area contributed by atoms with Gasteiger partial charge in [-0.05, 0) is 18.2 Å². The van der Waals surface area contributed by atoms with Gasteiger partial charge in [0.25, 0.3) is 5.91 Å². The Balaban J connectivity index is 1.84. The summed E-state index contributed by atoms with van der Waals surface area (Å²) in [7, 11) is 1.31. The molecule has 2 aliphatic rings. The van der Waals surface area contributed by atoms with E-state index in [1.54, 1.807) is 18.2 Å². The van der Waals surface area contributed by atoms with Gasteiger partial charge in [0.1, 0.15) is 5.75 Å². The minimum Gasteiger partial charge on any atom is -0.482 e. The summed E-state index contributed by atoms with van der Waals surface area (Å²) in [5.74, 6) is -0.660. The fourth-order valence-electron chi connectivity index (χ4n) is 2.52. The molecule has 2 amide bonds. The normalized spacial score (nSPS) is 20.6. The lowest BCUT2D eigenvalue weighted by atomic mass is 10.1. The molecule has 110 valence electrons. The second-order valence-corrected chi connectivity index (χ2v) is 4.95. The van der Waals surface area contributed by atoms with Crippen molar-refractivity contribution in [2.45, 2.75) is 6.42 Å². The lowest BCUT2D eigenvalue weighted by molar-refractivity contribution is -0.145. The quantitative estimate of drug-likeness (QED) is 0.804. The first-order valence-electron chi connectivity index (χ1n) is 6.53. The minimum atomic E-state index is -0.454. The second-order valence-electron chi connectivity index (χ2n) is 4.95. The first kappa shape index (κ1) is 13.4. The first-order valence-corrected chi connectivity index (χ1v) is 6.53. The molecule has 1 unspecified atom stereocenters. The largest absolute Gasteiger partial charge is 0.482 e. The molecule has 7 nitrogen and oxygen atoms in total. The number of rotatable bonds is 2. The Labute approximate surface area is 120 Å². The summed E-state index contributed by atoms with van der Waals surface area (Å²) >= 11 is 0. The monoisotopic (exact) mass is 290 g/mol. The number of nitrogens with zero attached hydrogens (tertiary/aromatic N) is 1. The van der Waals surface area contributed by atoms with Crippen molar-refractivity contribution in [3.05, 3.63) is 18.2 Å². The molecule has 1 fully saturated rings. The number of hydrogen-bond donors (Lipinski definition) is 1. The van der Waals surface area contributed by atoms with Gasteiger partial charge in [-0.1, -0.05) is 0 Å². The lowest BCUT2D eigenvalue weighted by Gasteiger charge is -2.22. The highest BCUT2D eigenvalue weighted by Crippen LogP contribution is 2.34. The van der Waals surface area contributed by atoms with Gasteiger partial charge < -0.3 is 19.7 Å². The van der Waals surface area contributed by atoms with Crippen LogP contribution in [0.5, 0.6) is 5.75 Å². The summed E-state index contributed by atoms with van der Waals surface area (Å²) in [6, 6.07) is 5.10. The van der Waals surface area contributed by atoms with Crippen LogP contribution in [0.3, 0.4) is 0 Å². The summed E-state index contributed by atoms with van der Waals surface area (Å²) < 4.78 is 9.94. The van der Waals surface area contributed by atoms with Crippen LogP contribution in [0, 0.1) is 5.92 Å². The number of esters is 1. The van der Waals surface area contributed by atoms with Gasteiger partial charge in [-0.2, -0.15) is 0 Å². The number of nitrogens with one attached hydrogen (secondary N) is 1. The van der Waals surface area contributed by atoms with Gasteiger partial charge in [-0.15, -0.1) is 0 Å². The Bertz CT molecular complexity index is 628. The van der Waals surface area contributed by atoms with Crippen LogP contribution in [0.25, 0.3) is 0 Å². The van der Waals surface area contributed by atoms with E-state index in [9.17, 15) is 14.4 Å². The molecule has 1 N–H and O–H groups in total. The van der Waals surface area contributed by atoms with Crippen LogP contribution in [-0.4, -0.2) is 38.0 Å². The van der Waals surface area contributed by atoms with Gasteiger partial charge in [-0.3, -0.25) is 14.4 Å². The number of benzene rings is 1. The van der Waals surface area contributed by atoms with Gasteiger partial charge in [0.2, 0.25) is 5.91 Å². The van der Waals surface area contributed by atoms with E-state index in [2.05, 4.69) is 10.1 Å². The standard InChI is InChI=1S/C14H14N2O5/c1-20-14(19)8-4-13(18)16(6-8)9-2-3-11-10(5-9)15-12(17)7-21-11/h2-3,5,8H,4,6-7H2,1H3,(H,15,17). The number of carbonyl (C=O) groups is 3. The van der Waals surface area contributed by atoms with Crippen molar-refractivity contribution < 1.29 is 23.9 Å². The molecule has 1 atom stereocenters. The number of methoxy groups -OCH3 is 1. The molecule has 0 radical (unpaired) electrons. The fraction of sp³-hybridized carbons (Fsp3) is 0.357. The molecular formula is C14H14N2O5. The third-order valence-electron chi connectivity index (χ3n) is 3.57. The SMILES string of the molecule is COC(=O)C1CC(=O)N(c2ccc3c(c2)NC(=O)CO3)C1. The molecule has 0 aliphatic carbocycles. The molecule has 0 bridgehead atoms. The van der Waals surface area contributed by atoms with E-state index in [1.807, 2.05) is 0 Å². The van der Waals surface area contributed by atoms with Crippen molar-refractivity contribution in [2.24, 2.45) is 5.92 Å². The van der Waals surface area contributed by atoms with Crippen molar-refractivity contribution in [2.75, 3.05) is 30.5 Å². The first-order chi connectivity index (χ1) is 10.1. The van der Waals surface area contributed by atoms with E-state index in [-0.39, 0.29) is 37.4 Å². The van der Waals surface area contributed by atoms with Crippen molar-refractivity contribution in [1.82, 2.24) is 0 Å². The molecule has 0 aromatic heterocycles. The number of hydrogen-bond acceptors (Lipinski definition) is 5. The fourth-order valence-corrected chi connectivity index (χ4v) is 2.52. The molecule has 7 heteroatoms. The predicted molar refractivity (Wildman–Crippen MR) is 73.0 cm³/mol. The third kappa shape index (κ3) is 2.42. The van der Waals surface area contributed by atoms with Crippen LogP contribution in [0.1, 0.15) is 6.42 Å². The number of carbonyl (C=O) groups excluding carboxylic acids is 3. The highest BCUT2D eigenvalue weighted by atomic mass is 16.5. The van der Waals surface area contributed by atoms with Crippen LogP contribution >= 0.6 is 0 Å². The van der Waals surface area contributed by atoms with Crippen LogP contribution in [0.15, 0.2) is 18.2 Å². The molecule has 2 aliphatic heterocycles. The van der Waals surface area contributed by atoms with Crippen LogP contribution < -0.4 is 15.0 Å². The average Bonchev–Trinajstić information content (AvgIpc) is 2.87. The summed E-state index contributed by atoms with van der Waals surface area (Å²) in [6.07, 6.45) is 0.132. The van der Waals surface area contributed by atoms with Crippen LogP contribution in [-0.2, 0) is 19.1 Å². The Morgan fingerprint density at radius 3 is 3.00 bits per heavy atom. The average molecular weight is 290 g/mol. The summed E-state index contributed by atoms with van der Waals surface area (Å²) in [4.78, 5) is 36.4. The molecule has 1 saturated heterocycles. The molecular weight excluding hydrogens is 276 g/mol. The topological polar surface area (TPSA) is 84.9 Å². The van der Waals surface area contributed by atoms with Gasteiger partial charge in [-0.25, -0.2) is 0 Å². The molecule has 0 saturated carbocycles. The Morgan fingerprint density at radius 1 is 1.43 bits per heavy atom. The number of fused-ring (bicyclic) bond motifs is 1. The zero-order valence-electron chi connectivity index (χ0n) is 11.4. The molecule has 2 heterocycles. The zero-order valence-corrected chi connectivity index (χ0v) is 11.4. The van der Waals surface area contributed by atoms with E-state index in [1.165, 1.54) is 12.0 Å². The minimum absolute atomic E-state index is 0.0145. The van der Waals surface area contributed by atoms with E-state index in [0.29, 0.717) is 17.1 Å². The zero-order chi connectivity index (χ0) is 15.0. The Hall–Kier alpha value is -2.57. The van der Waals surface area contributed by atoms with Crippen molar-refractivity contribution >= 4 is 29.2 Å². The maximum Gasteiger partial charge on any atom is 0.311 e. The predicted octanol–water partition coefficient (Wildman–Crippen LogP) is 0.543. The molecule has 3 rings (SSSR count). The molecule has 0 spiro atoms. The number of amides is 2.